The highest BCUT2D eigenvalue weighted by Gasteiger charge is 2.40. The van der Waals surface area contributed by atoms with Crippen molar-refractivity contribution >= 4 is 11.8 Å². The van der Waals surface area contributed by atoms with Crippen LogP contribution < -0.4 is 0 Å². The fraction of sp³-hybridized carbons (Fsp3) is 0.700. The Bertz CT molecular complexity index is 601. The van der Waals surface area contributed by atoms with Crippen LogP contribution in [0.5, 0.6) is 0 Å². The van der Waals surface area contributed by atoms with E-state index in [1.807, 2.05) is 19.9 Å². The molecule has 0 amide bonds. The van der Waals surface area contributed by atoms with Gasteiger partial charge in [0.1, 0.15) is 0 Å². The van der Waals surface area contributed by atoms with Crippen LogP contribution in [0.2, 0.25) is 0 Å². The molecule has 25 heavy (non-hydrogen) atoms. The van der Waals surface area contributed by atoms with Gasteiger partial charge in [0, 0.05) is 12.0 Å². The van der Waals surface area contributed by atoms with E-state index in [4.69, 9.17) is 4.74 Å². The van der Waals surface area contributed by atoms with Gasteiger partial charge in [-0.1, -0.05) is 32.1 Å². The highest BCUT2D eigenvalue weighted by molar-refractivity contribution is 5.94. The minimum absolute atomic E-state index is 0.0843. The minimum Gasteiger partial charge on any atom is -0.448 e. The monoisotopic (exact) mass is 350 g/mol. The van der Waals surface area contributed by atoms with E-state index in [1.165, 1.54) is 0 Å². The van der Waals surface area contributed by atoms with E-state index < -0.39 is 22.8 Å². The first kappa shape index (κ1) is 19.9. The van der Waals surface area contributed by atoms with E-state index >= 15 is 0 Å². The Morgan fingerprint density at radius 1 is 1.04 bits per heavy atom. The molecule has 0 fully saturated rings. The Balaban J connectivity index is 2.40. The molecule has 3 atom stereocenters. The number of rotatable bonds is 1. The minimum atomic E-state index is -1.21. The lowest BCUT2D eigenvalue weighted by Crippen LogP contribution is -2.40. The summed E-state index contributed by atoms with van der Waals surface area (Å²) in [6.07, 6.45) is 7.07. The van der Waals surface area contributed by atoms with Crippen LogP contribution in [-0.2, 0) is 14.3 Å². The second kappa shape index (κ2) is 7.04. The molecule has 0 spiro atoms. The normalized spacial score (nSPS) is 37.6. The summed E-state index contributed by atoms with van der Waals surface area (Å²) in [7, 11) is 0. The number of ketones is 1. The van der Waals surface area contributed by atoms with Crippen molar-refractivity contribution in [3.05, 3.63) is 23.8 Å². The predicted octanol–water partition coefficient (Wildman–Crippen LogP) is 2.85. The van der Waals surface area contributed by atoms with Crippen LogP contribution in [-0.4, -0.2) is 38.8 Å². The number of carbonyl (C=O) groups excluding carboxylic acids is 2. The van der Waals surface area contributed by atoms with Gasteiger partial charge in [0.25, 0.3) is 0 Å². The van der Waals surface area contributed by atoms with Crippen molar-refractivity contribution < 1.29 is 24.5 Å². The summed E-state index contributed by atoms with van der Waals surface area (Å²) in [5, 5.41) is 21.5. The maximum absolute atomic E-state index is 12.6. The number of ether oxygens (including phenoxy) is 1. The molecule has 2 heterocycles. The quantitative estimate of drug-likeness (QED) is 0.561. The molecule has 2 aliphatic heterocycles. The van der Waals surface area contributed by atoms with E-state index in [0.717, 1.165) is 0 Å². The van der Waals surface area contributed by atoms with Crippen molar-refractivity contribution in [1.29, 1.82) is 0 Å². The molecule has 2 bridgehead atoms. The lowest BCUT2D eigenvalue weighted by molar-refractivity contribution is -0.162. The molecular formula is C20H30O5. The molecule has 2 aliphatic rings. The summed E-state index contributed by atoms with van der Waals surface area (Å²) in [5.74, 6) is -0.740. The summed E-state index contributed by atoms with van der Waals surface area (Å²) >= 11 is 0. The lowest BCUT2D eigenvalue weighted by Gasteiger charge is -2.30. The van der Waals surface area contributed by atoms with Crippen LogP contribution in [0.25, 0.3) is 0 Å². The van der Waals surface area contributed by atoms with Crippen LogP contribution in [0.3, 0.4) is 0 Å². The Morgan fingerprint density at radius 2 is 1.72 bits per heavy atom. The lowest BCUT2D eigenvalue weighted by atomic mass is 9.82. The molecule has 2 N–H and O–H groups in total. The van der Waals surface area contributed by atoms with Crippen LogP contribution in [0.15, 0.2) is 23.8 Å². The van der Waals surface area contributed by atoms with Crippen LogP contribution in [0.4, 0.5) is 0 Å². The van der Waals surface area contributed by atoms with Gasteiger partial charge in [-0.25, -0.2) is 4.79 Å². The standard InChI is InChI=1S/C20H30O5/c1-14(2)20(24)11-7-15-6-5-9-19(4,25-17(15)22)16(21)8-10-18(3,23)12-13-20/h6,12-14,23-24H,5,7-11H2,1-4H3/t18-,19-,20+/m1/s1. The van der Waals surface area contributed by atoms with Gasteiger partial charge >= 0.3 is 5.97 Å². The van der Waals surface area contributed by atoms with Crippen LogP contribution >= 0.6 is 0 Å². The molecule has 0 aromatic rings. The number of allylic oxidation sites excluding steroid dienone is 1. The van der Waals surface area contributed by atoms with Crippen molar-refractivity contribution in [1.82, 2.24) is 0 Å². The Labute approximate surface area is 149 Å². The Morgan fingerprint density at radius 3 is 2.36 bits per heavy atom. The van der Waals surface area contributed by atoms with E-state index in [9.17, 15) is 19.8 Å². The fourth-order valence-electron chi connectivity index (χ4n) is 3.26. The van der Waals surface area contributed by atoms with Gasteiger partial charge in [-0.15, -0.1) is 0 Å². The number of fused-ring (bicyclic) bond motifs is 3. The summed E-state index contributed by atoms with van der Waals surface area (Å²) < 4.78 is 5.54. The summed E-state index contributed by atoms with van der Waals surface area (Å²) in [6, 6.07) is 0. The molecular weight excluding hydrogens is 320 g/mol. The van der Waals surface area contributed by atoms with Crippen molar-refractivity contribution in [2.75, 3.05) is 0 Å². The number of carbonyl (C=O) groups is 2. The molecule has 5 nitrogen and oxygen atoms in total. The van der Waals surface area contributed by atoms with Gasteiger partial charge in [-0.05, 0) is 51.9 Å². The molecule has 2 rings (SSSR count). The van der Waals surface area contributed by atoms with Crippen molar-refractivity contribution in [2.24, 2.45) is 5.92 Å². The first-order valence-corrected chi connectivity index (χ1v) is 9.08. The molecule has 0 aromatic carbocycles. The molecule has 0 unspecified atom stereocenters. The van der Waals surface area contributed by atoms with Crippen molar-refractivity contribution in [3.63, 3.8) is 0 Å². The average Bonchev–Trinajstić information content (AvgIpc) is 2.67. The topological polar surface area (TPSA) is 83.8 Å². The average molecular weight is 350 g/mol. The van der Waals surface area contributed by atoms with Gasteiger partial charge in [-0.3, -0.25) is 4.79 Å². The van der Waals surface area contributed by atoms with Gasteiger partial charge in [-0.2, -0.15) is 0 Å². The molecule has 0 saturated heterocycles. The number of Topliss-reactive ketones (excluding diaryl/α,β-unsaturated/α-hetero) is 1. The zero-order valence-corrected chi connectivity index (χ0v) is 15.7. The molecule has 5 heteroatoms. The van der Waals surface area contributed by atoms with Gasteiger partial charge in [0.2, 0.25) is 0 Å². The highest BCUT2D eigenvalue weighted by atomic mass is 16.6. The SMILES string of the molecule is CC(C)[C@@]1(O)C=C[C@](C)(O)CCC(=O)[C@@]2(C)CCC=C(CC1)C(=O)O2. The largest absolute Gasteiger partial charge is 0.448 e. The number of aliphatic hydroxyl groups is 2. The fourth-order valence-corrected chi connectivity index (χ4v) is 3.26. The van der Waals surface area contributed by atoms with E-state index in [-0.39, 0.29) is 24.5 Å². The number of hydrogen-bond acceptors (Lipinski definition) is 5. The second-order valence-electron chi connectivity index (χ2n) is 8.15. The molecule has 0 radical (unpaired) electrons. The Hall–Kier alpha value is -1.46. The smallest absolute Gasteiger partial charge is 0.334 e. The van der Waals surface area contributed by atoms with Crippen molar-refractivity contribution in [2.45, 2.75) is 83.0 Å². The number of esters is 1. The summed E-state index contributed by atoms with van der Waals surface area (Å²) in [5.41, 5.74) is -2.99. The number of hydrogen-bond donors (Lipinski definition) is 2. The molecule has 0 aromatic heterocycles. The van der Waals surface area contributed by atoms with E-state index in [2.05, 4.69) is 0 Å². The first-order valence-electron chi connectivity index (χ1n) is 9.08. The van der Waals surface area contributed by atoms with Gasteiger partial charge in [0.05, 0.1) is 11.2 Å². The van der Waals surface area contributed by atoms with Gasteiger partial charge < -0.3 is 14.9 Å². The molecule has 0 aliphatic carbocycles. The van der Waals surface area contributed by atoms with Crippen LogP contribution in [0, 0.1) is 5.92 Å². The zero-order valence-electron chi connectivity index (χ0n) is 15.7. The maximum Gasteiger partial charge on any atom is 0.334 e. The molecule has 0 saturated carbocycles. The third kappa shape index (κ3) is 4.59. The van der Waals surface area contributed by atoms with Crippen molar-refractivity contribution in [3.8, 4) is 0 Å². The third-order valence-electron chi connectivity index (χ3n) is 5.57. The predicted molar refractivity (Wildman–Crippen MR) is 94.8 cm³/mol. The second-order valence-corrected chi connectivity index (χ2v) is 8.15. The first-order chi connectivity index (χ1) is 11.5. The van der Waals surface area contributed by atoms with Gasteiger partial charge in [0.15, 0.2) is 11.4 Å². The highest BCUT2D eigenvalue weighted by Crippen LogP contribution is 2.33. The molecule has 140 valence electrons. The Kier molecular flexibility index (Phi) is 5.59. The summed E-state index contributed by atoms with van der Waals surface area (Å²) in [4.78, 5) is 25.1. The third-order valence-corrected chi connectivity index (χ3v) is 5.57. The maximum atomic E-state index is 12.6. The van der Waals surface area contributed by atoms with Crippen LogP contribution in [0.1, 0.15) is 66.2 Å². The van der Waals surface area contributed by atoms with E-state index in [1.54, 1.807) is 26.0 Å². The van der Waals surface area contributed by atoms with E-state index in [0.29, 0.717) is 31.3 Å². The zero-order chi connectivity index (χ0) is 18.9. The summed E-state index contributed by atoms with van der Waals surface area (Å²) in [6.45, 7) is 7.07.